The molecule has 3 nitrogen and oxygen atoms in total. The number of hydrogen-bond acceptors (Lipinski definition) is 3. The third-order valence-electron chi connectivity index (χ3n) is 3.80. The molecule has 0 amide bonds. The van der Waals surface area contributed by atoms with Gasteiger partial charge in [-0.25, -0.2) is 0 Å². The smallest absolute Gasteiger partial charge is 0.161 e. The van der Waals surface area contributed by atoms with Crippen molar-refractivity contribution in [1.29, 1.82) is 0 Å². The summed E-state index contributed by atoms with van der Waals surface area (Å²) >= 11 is 0. The van der Waals surface area contributed by atoms with Gasteiger partial charge in [0.25, 0.3) is 0 Å². The Morgan fingerprint density at radius 2 is 1.62 bits per heavy atom. The van der Waals surface area contributed by atoms with Crippen molar-refractivity contribution >= 4 is 12.4 Å². The van der Waals surface area contributed by atoms with E-state index in [1.165, 1.54) is 0 Å². The molecule has 0 saturated heterocycles. The Morgan fingerprint density at radius 1 is 0.958 bits per heavy atom. The van der Waals surface area contributed by atoms with Crippen molar-refractivity contribution in [1.82, 2.24) is 0 Å². The summed E-state index contributed by atoms with van der Waals surface area (Å²) in [6, 6.07) is 16.0. The first-order valence-electron chi connectivity index (χ1n) is 8.11. The summed E-state index contributed by atoms with van der Waals surface area (Å²) in [7, 11) is 0. The molecule has 0 aliphatic carbocycles. The van der Waals surface area contributed by atoms with E-state index in [0.29, 0.717) is 13.2 Å². The number of hydrogen-bond donors (Lipinski definition) is 1. The zero-order valence-corrected chi connectivity index (χ0v) is 15.7. The first kappa shape index (κ1) is 20.3. The molecule has 0 fully saturated rings. The molecule has 0 saturated carbocycles. The van der Waals surface area contributed by atoms with E-state index >= 15 is 0 Å². The standard InChI is InChI=1S/C20H27NO2.ClH/c1-5-22-18-13-16(19(21)20(2,3)4)11-12-17(18)23-14-15-9-7-6-8-10-15;/h6-13,19H,5,14,21H2,1-4H3;1H/t19-;/m1./s1. The highest BCUT2D eigenvalue weighted by atomic mass is 35.5. The normalized spacial score (nSPS) is 12.2. The quantitative estimate of drug-likeness (QED) is 0.786. The third-order valence-corrected chi connectivity index (χ3v) is 3.80. The van der Waals surface area contributed by atoms with E-state index in [1.54, 1.807) is 0 Å². The number of rotatable bonds is 6. The van der Waals surface area contributed by atoms with Crippen LogP contribution in [0.1, 0.15) is 44.9 Å². The summed E-state index contributed by atoms with van der Waals surface area (Å²) in [6.45, 7) is 9.49. The molecule has 2 aromatic rings. The molecule has 0 aromatic heterocycles. The summed E-state index contributed by atoms with van der Waals surface area (Å²) in [4.78, 5) is 0. The van der Waals surface area contributed by atoms with Gasteiger partial charge < -0.3 is 15.2 Å². The highest BCUT2D eigenvalue weighted by Gasteiger charge is 2.23. The molecule has 2 aromatic carbocycles. The Labute approximate surface area is 151 Å². The number of nitrogens with two attached hydrogens (primary N) is 1. The summed E-state index contributed by atoms with van der Waals surface area (Å²) < 4.78 is 11.7. The van der Waals surface area contributed by atoms with E-state index in [9.17, 15) is 0 Å². The van der Waals surface area contributed by atoms with E-state index in [4.69, 9.17) is 15.2 Å². The molecule has 0 aliphatic heterocycles. The Balaban J connectivity index is 0.00000288. The van der Waals surface area contributed by atoms with Crippen LogP contribution in [-0.4, -0.2) is 6.61 Å². The van der Waals surface area contributed by atoms with Crippen LogP contribution in [0, 0.1) is 5.41 Å². The van der Waals surface area contributed by atoms with Crippen LogP contribution in [0.25, 0.3) is 0 Å². The average Bonchev–Trinajstić information content (AvgIpc) is 2.53. The predicted molar refractivity (Wildman–Crippen MR) is 102 cm³/mol. The lowest BCUT2D eigenvalue weighted by molar-refractivity contribution is 0.267. The van der Waals surface area contributed by atoms with Gasteiger partial charge in [-0.05, 0) is 35.6 Å². The van der Waals surface area contributed by atoms with Crippen LogP contribution in [0.4, 0.5) is 0 Å². The van der Waals surface area contributed by atoms with E-state index in [-0.39, 0.29) is 23.9 Å². The lowest BCUT2D eigenvalue weighted by Gasteiger charge is -2.28. The van der Waals surface area contributed by atoms with Gasteiger partial charge in [-0.3, -0.25) is 0 Å². The SMILES string of the molecule is CCOc1cc([C@@H](N)C(C)(C)C)ccc1OCc1ccccc1.Cl. The Bertz CT molecular complexity index is 623. The van der Waals surface area contributed by atoms with Gasteiger partial charge in [0, 0.05) is 6.04 Å². The molecule has 0 unspecified atom stereocenters. The fraction of sp³-hybridized carbons (Fsp3) is 0.400. The maximum absolute atomic E-state index is 6.36. The van der Waals surface area contributed by atoms with Gasteiger partial charge in [-0.15, -0.1) is 12.4 Å². The summed E-state index contributed by atoms with van der Waals surface area (Å²) in [6.07, 6.45) is 0. The maximum atomic E-state index is 6.36. The molecule has 0 heterocycles. The maximum Gasteiger partial charge on any atom is 0.161 e. The highest BCUT2D eigenvalue weighted by Crippen LogP contribution is 2.36. The second-order valence-corrected chi connectivity index (χ2v) is 6.76. The van der Waals surface area contributed by atoms with Gasteiger partial charge in [-0.2, -0.15) is 0 Å². The largest absolute Gasteiger partial charge is 0.490 e. The first-order chi connectivity index (χ1) is 10.9. The molecule has 0 spiro atoms. The third kappa shape index (κ3) is 5.43. The first-order valence-corrected chi connectivity index (χ1v) is 8.11. The molecule has 2 rings (SSSR count). The molecule has 4 heteroatoms. The summed E-state index contributed by atoms with van der Waals surface area (Å²) in [5, 5.41) is 0. The van der Waals surface area contributed by atoms with E-state index in [2.05, 4.69) is 20.8 Å². The van der Waals surface area contributed by atoms with Gasteiger partial charge in [0.2, 0.25) is 0 Å². The molecule has 24 heavy (non-hydrogen) atoms. The molecule has 0 radical (unpaired) electrons. The molecule has 0 bridgehead atoms. The van der Waals surface area contributed by atoms with Crippen molar-refractivity contribution in [2.24, 2.45) is 11.1 Å². The van der Waals surface area contributed by atoms with Crippen molar-refractivity contribution in [3.8, 4) is 11.5 Å². The molecular weight excluding hydrogens is 322 g/mol. The van der Waals surface area contributed by atoms with Gasteiger partial charge in [-0.1, -0.05) is 57.2 Å². The minimum atomic E-state index is -0.0510. The van der Waals surface area contributed by atoms with Crippen LogP contribution >= 0.6 is 12.4 Å². The molecular formula is C20H28ClNO2. The number of benzene rings is 2. The Morgan fingerprint density at radius 3 is 2.21 bits per heavy atom. The van der Waals surface area contributed by atoms with Gasteiger partial charge in [0.15, 0.2) is 11.5 Å². The van der Waals surface area contributed by atoms with Crippen molar-refractivity contribution in [3.05, 3.63) is 59.7 Å². The number of ether oxygens (including phenoxy) is 2. The molecule has 1 atom stereocenters. The van der Waals surface area contributed by atoms with Crippen LogP contribution in [0.2, 0.25) is 0 Å². The minimum absolute atomic E-state index is 0. The molecule has 0 aliphatic rings. The minimum Gasteiger partial charge on any atom is -0.490 e. The van der Waals surface area contributed by atoms with Crippen LogP contribution in [0.5, 0.6) is 11.5 Å². The Hall–Kier alpha value is -1.71. The van der Waals surface area contributed by atoms with Gasteiger partial charge in [0.1, 0.15) is 6.61 Å². The fourth-order valence-corrected chi connectivity index (χ4v) is 2.34. The van der Waals surface area contributed by atoms with E-state index in [0.717, 1.165) is 22.6 Å². The van der Waals surface area contributed by atoms with Crippen LogP contribution < -0.4 is 15.2 Å². The predicted octanol–water partition coefficient (Wildman–Crippen LogP) is 5.13. The molecule has 2 N–H and O–H groups in total. The summed E-state index contributed by atoms with van der Waals surface area (Å²) in [5.74, 6) is 1.50. The number of halogens is 1. The monoisotopic (exact) mass is 349 g/mol. The van der Waals surface area contributed by atoms with Crippen LogP contribution in [0.3, 0.4) is 0 Å². The second kappa shape index (κ2) is 8.95. The molecule has 132 valence electrons. The zero-order valence-electron chi connectivity index (χ0n) is 14.9. The van der Waals surface area contributed by atoms with Crippen LogP contribution in [-0.2, 0) is 6.61 Å². The van der Waals surface area contributed by atoms with Crippen molar-refractivity contribution < 1.29 is 9.47 Å². The Kier molecular flexibility index (Phi) is 7.59. The zero-order chi connectivity index (χ0) is 16.9. The highest BCUT2D eigenvalue weighted by molar-refractivity contribution is 5.85. The van der Waals surface area contributed by atoms with E-state index < -0.39 is 0 Å². The average molecular weight is 350 g/mol. The topological polar surface area (TPSA) is 44.5 Å². The van der Waals surface area contributed by atoms with Crippen molar-refractivity contribution in [2.75, 3.05) is 6.61 Å². The van der Waals surface area contributed by atoms with Gasteiger partial charge >= 0.3 is 0 Å². The van der Waals surface area contributed by atoms with Crippen molar-refractivity contribution in [3.63, 3.8) is 0 Å². The lowest BCUT2D eigenvalue weighted by atomic mass is 9.83. The van der Waals surface area contributed by atoms with Gasteiger partial charge in [0.05, 0.1) is 6.61 Å². The fourth-order valence-electron chi connectivity index (χ4n) is 2.34. The van der Waals surface area contributed by atoms with E-state index in [1.807, 2.05) is 55.5 Å². The van der Waals surface area contributed by atoms with Crippen LogP contribution in [0.15, 0.2) is 48.5 Å². The summed E-state index contributed by atoms with van der Waals surface area (Å²) in [5.41, 5.74) is 8.54. The van der Waals surface area contributed by atoms with Crippen molar-refractivity contribution in [2.45, 2.75) is 40.3 Å². The second-order valence-electron chi connectivity index (χ2n) is 6.76. The lowest BCUT2D eigenvalue weighted by Crippen LogP contribution is -2.26.